The fourth-order valence-electron chi connectivity index (χ4n) is 17.1. The summed E-state index contributed by atoms with van der Waals surface area (Å²) in [6.07, 6.45) is -53.7. The third kappa shape index (κ3) is 26.3. The summed E-state index contributed by atoms with van der Waals surface area (Å²) in [4.78, 5) is 2.18. The van der Waals surface area contributed by atoms with Gasteiger partial charge >= 0.3 is 0 Å². The van der Waals surface area contributed by atoms with E-state index in [0.29, 0.717) is 29.7 Å². The summed E-state index contributed by atoms with van der Waals surface area (Å²) in [5.74, 6) is -21.2. The summed E-state index contributed by atoms with van der Waals surface area (Å²) in [7, 11) is -15.5. The molecule has 6 aromatic carbocycles. The van der Waals surface area contributed by atoms with Gasteiger partial charge in [-0.1, -0.05) is 96.6 Å². The largest absolute Gasteiger partial charge is 0.493 e. The van der Waals surface area contributed by atoms with Crippen LogP contribution < -0.4 is 56.8 Å². The quantitative estimate of drug-likeness (QED) is 0.0369. The molecule has 24 nitrogen and oxygen atoms in total. The number of methoxy groups -OCH3 is 12. The van der Waals surface area contributed by atoms with Gasteiger partial charge in [0.25, 0.3) is 0 Å². The summed E-state index contributed by atoms with van der Waals surface area (Å²) in [5, 5.41) is 66.9. The summed E-state index contributed by atoms with van der Waals surface area (Å²) in [6, 6.07) is 0.838. The fourth-order valence-corrected chi connectivity index (χ4v) is 17.1. The van der Waals surface area contributed by atoms with Crippen LogP contribution in [0.1, 0.15) is 393 Å². The van der Waals surface area contributed by atoms with Gasteiger partial charge in [-0.25, -0.2) is 0 Å². The van der Waals surface area contributed by atoms with Crippen molar-refractivity contribution in [2.45, 2.75) is 284 Å². The van der Waals surface area contributed by atoms with Gasteiger partial charge < -0.3 is 87.5 Å². The van der Waals surface area contributed by atoms with Crippen LogP contribution >= 0.6 is 0 Å². The number of hydrogen-bond donors (Lipinski definition) is 6. The van der Waals surface area contributed by atoms with Crippen molar-refractivity contribution in [2.24, 2.45) is 69.9 Å². The molecule has 6 aromatic rings. The second-order valence-corrected chi connectivity index (χ2v) is 36.0. The first kappa shape index (κ1) is 43.5. The number of aliphatic hydroxyl groups is 6. The second-order valence-electron chi connectivity index (χ2n) is 36.0. The molecule has 12 heterocycles. The maximum atomic E-state index is 11.3. The van der Waals surface area contributed by atoms with Gasteiger partial charge in [-0.15, -0.1) is 0 Å². The molecule has 140 heavy (non-hydrogen) atoms. The second kappa shape index (κ2) is 48.6. The number of aliphatic hydroxyl groups excluding tert-OH is 3. The van der Waals surface area contributed by atoms with E-state index in [1.54, 1.807) is 41.5 Å². The van der Waals surface area contributed by atoms with Gasteiger partial charge in [0.1, 0.15) is 0 Å². The van der Waals surface area contributed by atoms with E-state index in [-0.39, 0.29) is 101 Å². The Kier molecular flexibility index (Phi) is 15.1. The summed E-state index contributed by atoms with van der Waals surface area (Å²) in [5.41, 5.74) is -10.9. The Morgan fingerprint density at radius 3 is 0.721 bits per heavy atom. The Morgan fingerprint density at radius 2 is 0.500 bits per heavy atom. The number of rotatable bonds is 22. The topological polar surface area (TPSA) is 252 Å². The lowest BCUT2D eigenvalue weighted by atomic mass is 9.75. The molecule has 0 spiro atoms. The molecule has 0 saturated carbocycles. The predicted octanol–water partition coefficient (Wildman–Crippen LogP) is 19.0. The number of hydrogen-bond acceptors (Lipinski definition) is 24. The van der Waals surface area contributed by atoms with Crippen LogP contribution in [0.3, 0.4) is 0 Å². The highest BCUT2D eigenvalue weighted by Gasteiger charge is 2.47. The van der Waals surface area contributed by atoms with E-state index in [4.69, 9.17) is 173 Å². The molecule has 6 saturated heterocycles. The van der Waals surface area contributed by atoms with Gasteiger partial charge in [-0.2, -0.15) is 0 Å². The molecule has 0 aromatic heterocycles. The van der Waals surface area contributed by atoms with Crippen molar-refractivity contribution in [1.29, 1.82) is 0 Å². The van der Waals surface area contributed by atoms with Crippen LogP contribution in [-0.2, 0) is 38.2 Å². The van der Waals surface area contributed by atoms with Gasteiger partial charge in [-0.05, 0) is 325 Å². The number of piperidine rings is 6. The Hall–Kier alpha value is -7.56. The van der Waals surface area contributed by atoms with Crippen LogP contribution in [0.5, 0.6) is 69.0 Å². The van der Waals surface area contributed by atoms with Gasteiger partial charge in [0.05, 0.1) is 154 Å². The molecule has 0 amide bonds. The van der Waals surface area contributed by atoms with Crippen LogP contribution in [0.4, 0.5) is 0 Å². The summed E-state index contributed by atoms with van der Waals surface area (Å²) < 4.78 is 763. The minimum absolute atomic E-state index is 0.0202. The average Bonchev–Trinajstić information content (AvgIpc) is 0.653. The zero-order valence-electron chi connectivity index (χ0n) is 164. The molecule has 18 atom stereocenters. The maximum absolute atomic E-state index is 11.3. The van der Waals surface area contributed by atoms with Crippen LogP contribution in [-0.4, -0.2) is 259 Å². The lowest BCUT2D eigenvalue weighted by molar-refractivity contribution is -0.0259. The molecule has 18 rings (SSSR count). The van der Waals surface area contributed by atoms with Gasteiger partial charge in [0.2, 0.25) is 0 Å². The van der Waals surface area contributed by atoms with E-state index >= 15 is 0 Å². The van der Waals surface area contributed by atoms with E-state index in [9.17, 15) is 30.6 Å². The Morgan fingerprint density at radius 1 is 0.300 bits per heavy atom. The van der Waals surface area contributed by atoms with Crippen molar-refractivity contribution in [3.8, 4) is 69.0 Å². The highest BCUT2D eigenvalue weighted by atomic mass is 16.5. The first-order valence-electron chi connectivity index (χ1n) is 87.0. The van der Waals surface area contributed by atoms with E-state index < -0.39 is 462 Å². The average molecular weight is 2030 g/mol. The number of nitrogens with zero attached hydrogens (tertiary/aromatic N) is 6. The molecular formula is C116H178N6O18. The predicted molar refractivity (Wildman–Crippen MR) is 556 cm³/mol. The standard InChI is InChI=1S/2C20H31NO3.4C19H29NO3/c2*1-20(2,3)11-14-12-21-7-6-13-8-18(23-4)19(24-5)9-15(13)16(21)10-17(14)22;4*1-12(2)7-14-11-20-6-5-13-8-18(22-3)19(23-4)9-15(13)16(20)10-17(14)21/h2*8-9,14,16-17,22H,6-7,10-12H2,1-5H3;4*8-9,12,14,16-17,21H,5-7,10-11H2,1-4H3/i1D3,2D3,4D3,5D3,6D2,7D2,11D2,12D2;1D3,2D3,4D3,6D2,7D2,11D2,12D2;4D3,5D2,6D2,10D2,11D2,14D,17D;3D3,5D2,6D2,10D2,11D2,14D,17D;5D2,6D2,10D2,11D2,14D,17D;3D3,4D3,5D2,6D2,11D2. The molecule has 12 aliphatic heterocycles. The van der Waals surface area contributed by atoms with Crippen LogP contribution in [0, 0.1) is 69.9 Å². The molecule has 6 N–H and O–H groups in total. The monoisotopic (exact) mass is 2030 g/mol. The number of fused-ring (bicyclic) bond motifs is 18. The normalized spacial score (nSPS) is 48.3. The Balaban J connectivity index is 0.000000214. The van der Waals surface area contributed by atoms with Gasteiger partial charge in [0, 0.05) is 198 Å². The molecule has 12 aliphatic rings. The zero-order chi connectivity index (χ0) is 175. The first-order valence-corrected chi connectivity index (χ1v) is 44.5. The van der Waals surface area contributed by atoms with E-state index in [2.05, 4.69) is 0 Å². The Bertz CT molecular complexity index is 9000. The lowest BCUT2D eigenvalue weighted by Crippen LogP contribution is -2.48. The van der Waals surface area contributed by atoms with Crippen molar-refractivity contribution in [3.05, 3.63) is 140 Å². The van der Waals surface area contributed by atoms with E-state index in [0.717, 1.165) is 86.9 Å². The van der Waals surface area contributed by atoms with E-state index in [1.165, 1.54) is 20.3 Å². The van der Waals surface area contributed by atoms with Crippen molar-refractivity contribution in [1.82, 2.24) is 29.4 Å². The SMILES string of the molecule is [2H]C([2H])([2H])Oc1cc2c(cc1OC([2H])([2H])[2H])C([2H])([2H])C([2H])([2H])N1C2CC(O)C(C([2H])([2H])C(C)(C([2H])([2H])[2H])C([2H])([2H])[2H])C1([2H])[2H].[2H]C([2H])([2H])Oc1cc2c(cc1OC([2H])([2H])[2H])C([2H])([2H])C([2H])([2H])N1C2CC(O)C(CC(C)C)C1([2H])[2H].[2H]C([2H])([2H])Oc1cc2c(cc1OC)C([2H])([2H])C([2H])([2H])N1C2C([2H])([2H])C([2H])(O)C([2H])(CC(C)C)C1([2H])[2H].[2H]C([2H])([2H])Oc1cc2c(cc1OC)C1CC(O)C(C([2H])([2H])C(C)(C([2H])([2H])[2H])C([2H])([2H])[2H])C([2H])([2H])N1C([2H])([2H])C2([2H])[2H].[2H]C([2H])([2H])Oc1cc2c(cc1OC)C1N(C([2H])([2H])C2([2H])[2H])C([2H])([2H])C([2H])(CC(C)C)C([2H])(O)C1([2H])[2H].[2H]C1([2H])c2cc(OC)c(OC)cc2C2N(C1([2H])[2H])C([2H])([2H])C([2H])(CC(C)C)C([2H])(O)C2([2H])[2H]. The molecule has 0 bridgehead atoms. The van der Waals surface area contributed by atoms with Crippen molar-refractivity contribution >= 4 is 0 Å². The van der Waals surface area contributed by atoms with Crippen LogP contribution in [0.2, 0.25) is 0 Å². The fraction of sp³-hybridized carbons (Fsp3) is 0.690. The third-order valence-corrected chi connectivity index (χ3v) is 23.5. The number of ether oxygens (including phenoxy) is 12. The highest BCUT2D eigenvalue weighted by molar-refractivity contribution is 5.55. The number of aryl methyl sites for hydroxylation is 6. The van der Waals surface area contributed by atoms with Crippen molar-refractivity contribution < 1.29 is 204 Å². The Labute approximate surface area is 959 Å². The van der Waals surface area contributed by atoms with Crippen molar-refractivity contribution in [2.75, 3.05) is 163 Å². The molecule has 0 aliphatic carbocycles. The summed E-state index contributed by atoms with van der Waals surface area (Å²) >= 11 is 0. The molecular weight excluding hydrogens is 1770 g/mol. The minimum Gasteiger partial charge on any atom is -0.493 e. The molecule has 24 heteroatoms. The third-order valence-electron chi connectivity index (χ3n) is 23.5. The van der Waals surface area contributed by atoms with Gasteiger partial charge in [0.15, 0.2) is 69.0 Å². The molecule has 780 valence electrons. The highest BCUT2D eigenvalue weighted by Crippen LogP contribution is 2.53. The molecule has 6 fully saturated rings. The minimum atomic E-state index is -3.62. The first-order chi connectivity index (χ1) is 99.4. The maximum Gasteiger partial charge on any atom is 0.161 e. The smallest absolute Gasteiger partial charge is 0.161 e. The van der Waals surface area contributed by atoms with E-state index in [1.807, 2.05) is 13.8 Å². The van der Waals surface area contributed by atoms with Crippen molar-refractivity contribution in [3.63, 3.8) is 0 Å². The zero-order valence-corrected chi connectivity index (χ0v) is 79.4. The van der Waals surface area contributed by atoms with Gasteiger partial charge in [-0.3, -0.25) is 29.4 Å². The number of benzene rings is 6. The summed E-state index contributed by atoms with van der Waals surface area (Å²) in [6.45, 7) is -38.5. The molecule has 18 unspecified atom stereocenters. The van der Waals surface area contributed by atoms with Crippen LogP contribution in [0.15, 0.2) is 72.8 Å². The molecule has 0 radical (unpaired) electrons. The van der Waals surface area contributed by atoms with Crippen LogP contribution in [0.25, 0.3) is 0 Å². The lowest BCUT2D eigenvalue weighted by Gasteiger charge is -2.47.